The minimum atomic E-state index is -4.94. The van der Waals surface area contributed by atoms with E-state index < -0.39 is 10.2 Å². The number of carbonyl (C=O) groups is 1. The van der Waals surface area contributed by atoms with Crippen LogP contribution in [0.4, 0.5) is 0 Å². The smallest absolute Gasteiger partial charge is 0.362 e. The largest absolute Gasteiger partial charge is 0.450 e. The summed E-state index contributed by atoms with van der Waals surface area (Å²) in [5.74, 6) is -0.222. The van der Waals surface area contributed by atoms with Gasteiger partial charge < -0.3 is 14.3 Å². The first-order valence-corrected chi connectivity index (χ1v) is 5.51. The normalized spacial score (nSPS) is 24.2. The second kappa shape index (κ2) is 5.73. The van der Waals surface area contributed by atoms with Crippen molar-refractivity contribution in [3.05, 3.63) is 0 Å². The van der Waals surface area contributed by atoms with Crippen molar-refractivity contribution in [1.29, 1.82) is 0 Å². The molecule has 1 aliphatic heterocycles. The molecule has 0 aromatic heterocycles. The van der Waals surface area contributed by atoms with Gasteiger partial charge in [0, 0.05) is 0 Å². The highest BCUT2D eigenvalue weighted by Gasteiger charge is 2.33. The molecule has 1 aliphatic rings. The van der Waals surface area contributed by atoms with Crippen LogP contribution in [0.15, 0.2) is 0 Å². The summed E-state index contributed by atoms with van der Waals surface area (Å²) in [6.07, 6.45) is -0.314. The highest BCUT2D eigenvalue weighted by Crippen LogP contribution is 2.09. The van der Waals surface area contributed by atoms with Crippen molar-refractivity contribution in [3.8, 4) is 0 Å². The highest BCUT2D eigenvalue weighted by atomic mass is 35.7. The summed E-state index contributed by atoms with van der Waals surface area (Å²) in [7, 11) is -1.05. The Bertz CT molecular complexity index is 233. The van der Waals surface area contributed by atoms with Crippen molar-refractivity contribution in [1.82, 2.24) is 0 Å². The van der Waals surface area contributed by atoms with Crippen LogP contribution in [0.1, 0.15) is 0 Å². The number of aliphatic hydroxyl groups is 1. The number of hydrogen-bond donors (Lipinski definition) is 1. The first kappa shape index (κ1) is 15.5. The number of carbonyl (C=O) groups excluding carboxylic acids is 1. The number of quaternary nitrogens is 1. The maximum atomic E-state index is 10.9. The Morgan fingerprint density at radius 2 is 1.88 bits per heavy atom. The molecule has 0 aromatic rings. The number of aliphatic hydroxyl groups excluding tert-OH is 1. The number of likely N-dealkylation sites (N-methyl/N-ethyl adjacent to an activating group) is 1. The maximum absolute atomic E-state index is 10.9. The number of hydrogen-bond acceptors (Lipinski definition) is 7. The van der Waals surface area contributed by atoms with Crippen LogP contribution < -0.4 is 18.6 Å². The third-order valence-electron chi connectivity index (χ3n) is 1.76. The fraction of sp³-hybridized carbons (Fsp3) is 0.857. The van der Waals surface area contributed by atoms with Crippen LogP contribution in [0.5, 0.6) is 0 Å². The molecule has 0 saturated carbocycles. The summed E-state index contributed by atoms with van der Waals surface area (Å²) in [5, 5.41) is 8.75. The number of morpholine rings is 1. The number of halogens is 1. The van der Waals surface area contributed by atoms with Gasteiger partial charge in [-0.1, -0.05) is 0 Å². The lowest BCUT2D eigenvalue weighted by Crippen LogP contribution is -2.68. The average Bonchev–Trinajstić information content (AvgIpc) is 1.96. The molecule has 1 rings (SSSR count). The molecule has 9 heteroatoms. The van der Waals surface area contributed by atoms with Gasteiger partial charge in [0.15, 0.2) is 12.6 Å². The maximum Gasteiger partial charge on any atom is 0.362 e. The highest BCUT2D eigenvalue weighted by molar-refractivity contribution is 5.71. The van der Waals surface area contributed by atoms with Gasteiger partial charge in [-0.3, -0.25) is 0 Å². The van der Waals surface area contributed by atoms with E-state index in [1.807, 2.05) is 14.1 Å². The van der Waals surface area contributed by atoms with E-state index in [1.54, 1.807) is 0 Å². The SMILES string of the molecule is C[N+]1(C)CC(=O)OC(CO)C1.[O-][Cl+3]([O-])([O-])[O-]. The number of esters is 1. The Hall–Kier alpha value is -0.480. The molecule has 1 saturated heterocycles. The molecule has 1 fully saturated rings. The first-order valence-electron chi connectivity index (χ1n) is 4.27. The van der Waals surface area contributed by atoms with Crippen molar-refractivity contribution in [2.45, 2.75) is 6.10 Å². The number of rotatable bonds is 1. The van der Waals surface area contributed by atoms with Gasteiger partial charge in [0.1, 0.15) is 6.54 Å². The quantitative estimate of drug-likeness (QED) is 0.365. The van der Waals surface area contributed by atoms with Crippen LogP contribution >= 0.6 is 0 Å². The Labute approximate surface area is 94.6 Å². The summed E-state index contributed by atoms with van der Waals surface area (Å²) >= 11 is 0. The first-order chi connectivity index (χ1) is 7.03. The Balaban J connectivity index is 0.000000385. The van der Waals surface area contributed by atoms with Gasteiger partial charge in [0.25, 0.3) is 0 Å². The monoisotopic (exact) mass is 259 g/mol. The van der Waals surface area contributed by atoms with E-state index in [-0.39, 0.29) is 18.7 Å². The molecule has 0 aliphatic carbocycles. The van der Waals surface area contributed by atoms with E-state index in [0.29, 0.717) is 17.6 Å². The molecule has 0 aromatic carbocycles. The molecule has 16 heavy (non-hydrogen) atoms. The van der Waals surface area contributed by atoms with Crippen LogP contribution in [0.3, 0.4) is 0 Å². The molecule has 1 heterocycles. The second-order valence-electron chi connectivity index (χ2n) is 3.95. The van der Waals surface area contributed by atoms with E-state index >= 15 is 0 Å². The Morgan fingerprint density at radius 1 is 1.44 bits per heavy atom. The summed E-state index contributed by atoms with van der Waals surface area (Å²) in [6.45, 7) is 1.02. The van der Waals surface area contributed by atoms with Crippen molar-refractivity contribution < 1.29 is 48.0 Å². The van der Waals surface area contributed by atoms with Gasteiger partial charge in [-0.15, -0.1) is 10.2 Å². The third kappa shape index (κ3) is 8.80. The van der Waals surface area contributed by atoms with Crippen LogP contribution in [0.25, 0.3) is 0 Å². The Kier molecular flexibility index (Phi) is 5.56. The number of ether oxygens (including phenoxy) is 1. The lowest BCUT2D eigenvalue weighted by Gasteiger charge is -2.35. The van der Waals surface area contributed by atoms with E-state index in [2.05, 4.69) is 0 Å². The third-order valence-corrected chi connectivity index (χ3v) is 1.76. The average molecular weight is 260 g/mol. The summed E-state index contributed by atoms with van der Waals surface area (Å²) in [6, 6.07) is 0. The lowest BCUT2D eigenvalue weighted by molar-refractivity contribution is -2.00. The minimum absolute atomic E-state index is 0.0760. The van der Waals surface area contributed by atoms with Crippen LogP contribution in [-0.2, 0) is 9.53 Å². The topological polar surface area (TPSA) is 139 Å². The number of nitrogens with zero attached hydrogens (tertiary/aromatic N) is 1. The molecule has 0 bridgehead atoms. The van der Waals surface area contributed by atoms with Gasteiger partial charge in [0.05, 0.1) is 20.7 Å². The van der Waals surface area contributed by atoms with Crippen molar-refractivity contribution in [2.24, 2.45) is 0 Å². The number of cyclic esters (lactones) is 1. The molecule has 0 amide bonds. The van der Waals surface area contributed by atoms with E-state index in [0.717, 1.165) is 0 Å². The van der Waals surface area contributed by atoms with Gasteiger partial charge in [-0.05, 0) is 0 Å². The predicted octanol–water partition coefficient (Wildman–Crippen LogP) is -5.78. The summed E-state index contributed by atoms with van der Waals surface area (Å²) < 4.78 is 39.4. The van der Waals surface area contributed by atoms with Crippen molar-refractivity contribution in [2.75, 3.05) is 33.8 Å². The van der Waals surface area contributed by atoms with Crippen LogP contribution in [-0.4, -0.2) is 55.5 Å². The molecule has 96 valence electrons. The Morgan fingerprint density at radius 3 is 2.19 bits per heavy atom. The minimum Gasteiger partial charge on any atom is -0.450 e. The summed E-state index contributed by atoms with van der Waals surface area (Å²) in [5.41, 5.74) is 0. The van der Waals surface area contributed by atoms with E-state index in [4.69, 9.17) is 28.5 Å². The molecule has 1 atom stereocenters. The van der Waals surface area contributed by atoms with E-state index in [1.165, 1.54) is 0 Å². The fourth-order valence-electron chi connectivity index (χ4n) is 1.32. The summed E-state index contributed by atoms with van der Waals surface area (Å²) in [4.78, 5) is 10.9. The van der Waals surface area contributed by atoms with Crippen LogP contribution in [0.2, 0.25) is 0 Å². The van der Waals surface area contributed by atoms with Gasteiger partial charge >= 0.3 is 5.97 Å². The molecular weight excluding hydrogens is 246 g/mol. The zero-order chi connectivity index (χ0) is 13.0. The van der Waals surface area contributed by atoms with Crippen molar-refractivity contribution >= 4 is 5.97 Å². The van der Waals surface area contributed by atoms with Crippen LogP contribution in [0, 0.1) is 10.2 Å². The lowest BCUT2D eigenvalue weighted by atomic mass is 10.2. The molecule has 1 unspecified atom stereocenters. The molecule has 0 radical (unpaired) electrons. The zero-order valence-electron chi connectivity index (χ0n) is 8.92. The van der Waals surface area contributed by atoms with Gasteiger partial charge in [0.2, 0.25) is 0 Å². The molecule has 1 N–H and O–H groups in total. The van der Waals surface area contributed by atoms with Crippen molar-refractivity contribution in [3.63, 3.8) is 0 Å². The molecule has 0 spiro atoms. The molecule has 8 nitrogen and oxygen atoms in total. The van der Waals surface area contributed by atoms with Gasteiger partial charge in [-0.25, -0.2) is 23.4 Å². The standard InChI is InChI=1S/C7H14NO3.ClHO4/c1-8(2)3-6(5-9)11-7(10)4-8;2-1(3,4)5/h6,9H,3-5H2,1-2H3;(H,2,3,4,5)/q+1;/p-1. The zero-order valence-corrected chi connectivity index (χ0v) is 9.68. The fourth-order valence-corrected chi connectivity index (χ4v) is 1.32. The predicted molar refractivity (Wildman–Crippen MR) is 38.8 cm³/mol. The van der Waals surface area contributed by atoms with Gasteiger partial charge in [-0.2, -0.15) is 0 Å². The van der Waals surface area contributed by atoms with E-state index in [9.17, 15) is 4.79 Å². The molecular formula is C7H14ClNO7. The second-order valence-corrected chi connectivity index (χ2v) is 4.70.